The van der Waals surface area contributed by atoms with Crippen molar-refractivity contribution in [2.24, 2.45) is 29.2 Å². The van der Waals surface area contributed by atoms with Crippen molar-refractivity contribution in [1.29, 1.82) is 0 Å². The molecule has 1 saturated heterocycles. The van der Waals surface area contributed by atoms with Crippen LogP contribution in [0.5, 0.6) is 0 Å². The van der Waals surface area contributed by atoms with E-state index >= 15 is 0 Å². The molecule has 34 nitrogen and oxygen atoms in total. The number of likely N-dealkylation sites (tertiary alicyclic amines) is 1. The first-order chi connectivity index (χ1) is 51.5. The summed E-state index contributed by atoms with van der Waals surface area (Å²) in [7, 11) is 0. The number of aromatic amines is 1. The number of para-hydroxylation sites is 1. The standard InChI is InChI=1S/C75H114N14O20/c1-9-43(6)62(71(103)88-64(45(8)92)73(105)83-52(35-42(4)5)67(99)85-55(75(108)109)37-47-39-78-49-27-22-21-26-48(47)49)86-65(97)50(31-32-58(76)93)80-70(102)57-28-23-33-89(57)61(96)30-20-15-13-11-10-12-14-19-29-60(95)79-56(40-90)69(101)87-63(44(7)91)72(104)82-51(34-41(2)3)66(98)81-53(38-59(77)94)68(100)84-54(74(106)107)36-46-24-17-16-18-25-46/h16-18,21-22,24-27,39,41-45,50-57,62-64,78,90-92H,9-15,19-20,23,28-38,40H2,1-8H3,(H2,76,93)(H2,77,94)(H,79,95)(H,80,102)(H,81,98)(H,82,104)(H,83,105)(H,84,100)(H,85,99)(H,86,97)(H,87,101)(H,88,103)(H,106,107)(H,108,109)/t43-,44+,45+,50-,51-,52-,53-,54-,55-,56-,57-,62-,63-,64-/m0/s1. The Morgan fingerprint density at radius 2 is 0.954 bits per heavy atom. The molecule has 3 aromatic rings. The molecule has 0 saturated carbocycles. The van der Waals surface area contributed by atoms with Crippen molar-refractivity contribution in [3.05, 3.63) is 71.9 Å². The smallest absolute Gasteiger partial charge is 0.326 e. The number of aromatic nitrogens is 1. The number of amides is 13. The van der Waals surface area contributed by atoms with Gasteiger partial charge in [0.1, 0.15) is 66.5 Å². The second-order valence-electron chi connectivity index (χ2n) is 28.9. The molecule has 34 heteroatoms. The number of carboxylic acids is 2. The van der Waals surface area contributed by atoms with Gasteiger partial charge in [0.25, 0.3) is 0 Å². The second-order valence-corrected chi connectivity index (χ2v) is 28.9. The van der Waals surface area contributed by atoms with Gasteiger partial charge in [-0.2, -0.15) is 0 Å². The Balaban J connectivity index is 1.23. The number of hydrogen-bond acceptors (Lipinski definition) is 18. The summed E-state index contributed by atoms with van der Waals surface area (Å²) in [6.45, 7) is 12.1. The number of carbonyl (C=O) groups excluding carboxylic acids is 13. The highest BCUT2D eigenvalue weighted by molar-refractivity contribution is 6.00. The lowest BCUT2D eigenvalue weighted by atomic mass is 9.96. The molecule has 0 unspecified atom stereocenters. The molecule has 109 heavy (non-hydrogen) atoms. The van der Waals surface area contributed by atoms with Crippen LogP contribution in [0.15, 0.2) is 60.8 Å². The molecular formula is C75H114N14O20. The average molecular weight is 1530 g/mol. The number of unbranched alkanes of at least 4 members (excludes halogenated alkanes) is 7. The summed E-state index contributed by atoms with van der Waals surface area (Å²) < 4.78 is 0. The van der Waals surface area contributed by atoms with Crippen LogP contribution < -0.4 is 64.6 Å². The number of benzene rings is 2. The zero-order valence-electron chi connectivity index (χ0n) is 63.5. The molecule has 2 heterocycles. The Hall–Kier alpha value is -10.1. The van der Waals surface area contributed by atoms with Gasteiger partial charge in [0.15, 0.2) is 0 Å². The van der Waals surface area contributed by atoms with E-state index in [9.17, 15) is 97.5 Å². The lowest BCUT2D eigenvalue weighted by Crippen LogP contribution is -2.62. The molecule has 2 aromatic carbocycles. The topological polar surface area (TPSA) is 549 Å². The zero-order chi connectivity index (χ0) is 81.2. The number of fused-ring (bicyclic) bond motifs is 1. The van der Waals surface area contributed by atoms with E-state index in [1.807, 2.05) is 18.2 Å². The van der Waals surface area contributed by atoms with Crippen LogP contribution in [0.2, 0.25) is 0 Å². The third-order valence-corrected chi connectivity index (χ3v) is 18.8. The highest BCUT2D eigenvalue weighted by atomic mass is 16.4. The Morgan fingerprint density at radius 1 is 0.495 bits per heavy atom. The number of nitrogens with two attached hydrogens (primary N) is 2. The molecule has 1 aliphatic heterocycles. The number of carboxylic acid groups (broad SMARTS) is 2. The number of aliphatic carboxylic acids is 2. The largest absolute Gasteiger partial charge is 0.480 e. The van der Waals surface area contributed by atoms with Crippen molar-refractivity contribution in [1.82, 2.24) is 63.1 Å². The van der Waals surface area contributed by atoms with Crippen molar-refractivity contribution in [2.45, 2.75) is 262 Å². The van der Waals surface area contributed by atoms with Crippen LogP contribution >= 0.6 is 0 Å². The number of aliphatic hydroxyl groups is 3. The molecule has 0 spiro atoms. The van der Waals surface area contributed by atoms with Crippen LogP contribution in [0.25, 0.3) is 10.9 Å². The third-order valence-electron chi connectivity index (χ3n) is 18.8. The summed E-state index contributed by atoms with van der Waals surface area (Å²) >= 11 is 0. The SMILES string of the molecule is CC[C@H](C)[C@H](NC(=O)[C@H](CCC(N)=O)NC(=O)[C@@H]1CCCN1C(=O)CCCCCCCCCCC(=O)N[C@@H](CO)C(=O)N[C@H](C(=O)N[C@@H](CC(C)C)C(=O)N[C@@H](CC(N)=O)C(=O)N[C@@H](Cc1ccccc1)C(=O)O)[C@@H](C)O)C(=O)N[C@H](C(=O)N[C@@H](CC(C)C)C(=O)N[C@@H](Cc1c[nH]c2ccccc12)C(=O)O)[C@@H](C)O. The summed E-state index contributed by atoms with van der Waals surface area (Å²) in [5.74, 6) is -14.9. The van der Waals surface area contributed by atoms with E-state index in [0.717, 1.165) is 36.6 Å². The summed E-state index contributed by atoms with van der Waals surface area (Å²) in [5.41, 5.74) is 12.8. The van der Waals surface area contributed by atoms with E-state index in [4.69, 9.17) is 11.5 Å². The molecular weight excluding hydrogens is 1420 g/mol. The van der Waals surface area contributed by atoms with Crippen LogP contribution in [-0.4, -0.2) is 216 Å². The first-order valence-electron chi connectivity index (χ1n) is 37.5. The monoisotopic (exact) mass is 1530 g/mol. The van der Waals surface area contributed by atoms with Crippen LogP contribution in [-0.2, 0) is 84.8 Å². The number of primary amides is 2. The van der Waals surface area contributed by atoms with E-state index in [2.05, 4.69) is 58.2 Å². The molecule has 0 aliphatic carbocycles. The van der Waals surface area contributed by atoms with Gasteiger partial charge >= 0.3 is 11.9 Å². The average Bonchev–Trinajstić information content (AvgIpc) is 1.76. The van der Waals surface area contributed by atoms with E-state index in [0.29, 0.717) is 49.7 Å². The predicted octanol–water partition coefficient (Wildman–Crippen LogP) is -0.105. The first-order valence-corrected chi connectivity index (χ1v) is 37.5. The number of H-pyrrole nitrogens is 1. The molecule has 1 aromatic heterocycles. The van der Waals surface area contributed by atoms with Crippen LogP contribution in [0.1, 0.15) is 182 Å². The molecule has 13 amide bonds. The fourth-order valence-electron chi connectivity index (χ4n) is 12.6. The molecule has 1 fully saturated rings. The second kappa shape index (κ2) is 46.3. The van der Waals surface area contributed by atoms with Crippen LogP contribution in [0.4, 0.5) is 0 Å². The number of aliphatic hydroxyl groups excluding tert-OH is 3. The quantitative estimate of drug-likeness (QED) is 0.0328. The summed E-state index contributed by atoms with van der Waals surface area (Å²) in [6.07, 6.45) is 3.39. The third kappa shape index (κ3) is 31.2. The molecule has 20 N–H and O–H groups in total. The van der Waals surface area contributed by atoms with Crippen molar-refractivity contribution in [2.75, 3.05) is 13.2 Å². The van der Waals surface area contributed by atoms with Gasteiger partial charge in [-0.05, 0) is 93.7 Å². The molecule has 0 radical (unpaired) electrons. The summed E-state index contributed by atoms with van der Waals surface area (Å²) in [6, 6.07) is -0.424. The minimum Gasteiger partial charge on any atom is -0.480 e. The number of hydrogen-bond donors (Lipinski definition) is 18. The molecule has 4 rings (SSSR count). The van der Waals surface area contributed by atoms with E-state index in [-0.39, 0.29) is 82.1 Å². The van der Waals surface area contributed by atoms with Crippen molar-refractivity contribution >= 4 is 99.6 Å². The van der Waals surface area contributed by atoms with Crippen LogP contribution in [0, 0.1) is 17.8 Å². The highest BCUT2D eigenvalue weighted by Crippen LogP contribution is 2.23. The van der Waals surface area contributed by atoms with Gasteiger partial charge in [0, 0.05) is 55.7 Å². The molecule has 0 bridgehead atoms. The summed E-state index contributed by atoms with van der Waals surface area (Å²) in [5, 5.41) is 77.2. The maximum Gasteiger partial charge on any atom is 0.326 e. The maximum atomic E-state index is 14.2. The Bertz CT molecular complexity index is 3570. The van der Waals surface area contributed by atoms with Crippen molar-refractivity contribution in [3.63, 3.8) is 0 Å². The fraction of sp³-hybridized carbons (Fsp3) is 0.613. The highest BCUT2D eigenvalue weighted by Gasteiger charge is 2.40. The molecule has 14 atom stereocenters. The molecule has 604 valence electrons. The van der Waals surface area contributed by atoms with Gasteiger partial charge in [0.2, 0.25) is 76.8 Å². The van der Waals surface area contributed by atoms with Gasteiger partial charge in [0.05, 0.1) is 25.2 Å². The maximum absolute atomic E-state index is 14.2. The van der Waals surface area contributed by atoms with Gasteiger partial charge in [-0.25, -0.2) is 9.59 Å². The van der Waals surface area contributed by atoms with E-state index in [1.54, 1.807) is 84.1 Å². The lowest BCUT2D eigenvalue weighted by molar-refractivity contribution is -0.143. The zero-order valence-corrected chi connectivity index (χ0v) is 63.5. The van der Waals surface area contributed by atoms with Gasteiger partial charge in [-0.15, -0.1) is 0 Å². The fourth-order valence-corrected chi connectivity index (χ4v) is 12.6. The minimum atomic E-state index is -1.73. The number of nitrogens with one attached hydrogen (secondary N) is 11. The van der Waals surface area contributed by atoms with E-state index in [1.165, 1.54) is 18.7 Å². The van der Waals surface area contributed by atoms with E-state index < -0.39 is 180 Å². The predicted molar refractivity (Wildman–Crippen MR) is 399 cm³/mol. The Kier molecular flexibility index (Phi) is 38.8. The number of rotatable bonds is 50. The first kappa shape index (κ1) is 91.3. The van der Waals surface area contributed by atoms with Gasteiger partial charge in [-0.1, -0.05) is 135 Å². The number of carbonyl (C=O) groups is 15. The Labute approximate surface area is 634 Å². The normalized spacial score (nSPS) is 16.3. The minimum absolute atomic E-state index is 0.0255. The van der Waals surface area contributed by atoms with Crippen molar-refractivity contribution < 1.29 is 97.5 Å². The van der Waals surface area contributed by atoms with Gasteiger partial charge in [-0.3, -0.25) is 62.3 Å². The van der Waals surface area contributed by atoms with Crippen LogP contribution in [0.3, 0.4) is 0 Å². The van der Waals surface area contributed by atoms with Gasteiger partial charge < -0.3 is 100 Å². The lowest BCUT2D eigenvalue weighted by Gasteiger charge is -2.30. The summed E-state index contributed by atoms with van der Waals surface area (Å²) in [4.78, 5) is 204. The molecule has 1 aliphatic rings. The number of nitrogens with zero attached hydrogens (tertiary/aromatic N) is 1. The Morgan fingerprint density at radius 3 is 1.47 bits per heavy atom. The van der Waals surface area contributed by atoms with Crippen molar-refractivity contribution in [3.8, 4) is 0 Å².